The number of fused-ring (bicyclic) bond motifs is 9. The molecule has 4 nitrogen and oxygen atoms in total. The number of benzene rings is 10. The van der Waals surface area contributed by atoms with Gasteiger partial charge in [-0.3, -0.25) is 0 Å². The minimum atomic E-state index is 1.10. The van der Waals surface area contributed by atoms with Gasteiger partial charge in [0.15, 0.2) is 0 Å². The van der Waals surface area contributed by atoms with Gasteiger partial charge in [0, 0.05) is 67.0 Å². The molecule has 0 radical (unpaired) electrons. The van der Waals surface area contributed by atoms with Crippen LogP contribution in [0.3, 0.4) is 0 Å². The molecule has 0 bridgehead atoms. The normalized spacial score (nSPS) is 11.5. The highest BCUT2D eigenvalue weighted by molar-refractivity contribution is 6.30. The Bertz CT molecular complexity index is 3230. The van der Waals surface area contributed by atoms with Crippen molar-refractivity contribution in [2.45, 2.75) is 0 Å². The fourth-order valence-electron chi connectivity index (χ4n) is 9.61. The van der Waals surface area contributed by atoms with Crippen LogP contribution in [-0.2, 0) is 0 Å². The van der Waals surface area contributed by atoms with Gasteiger partial charge in [-0.2, -0.15) is 0 Å². The summed E-state index contributed by atoms with van der Waals surface area (Å²) in [5, 5.41) is 7.39. The third-order valence-corrected chi connectivity index (χ3v) is 12.2. The Hall–Kier alpha value is -8.34. The average molecular weight is 793 g/mol. The van der Waals surface area contributed by atoms with Crippen LogP contribution in [0.5, 0.6) is 0 Å². The van der Waals surface area contributed by atoms with E-state index in [0.29, 0.717) is 0 Å². The molecule has 0 spiro atoms. The molecule has 2 aromatic heterocycles. The van der Waals surface area contributed by atoms with Crippen molar-refractivity contribution in [3.8, 4) is 11.4 Å². The van der Waals surface area contributed by atoms with Gasteiger partial charge in [0.1, 0.15) is 0 Å². The van der Waals surface area contributed by atoms with Gasteiger partial charge in [-0.25, -0.2) is 0 Å². The Morgan fingerprint density at radius 1 is 0.226 bits per heavy atom. The predicted molar refractivity (Wildman–Crippen MR) is 262 cm³/mol. The molecule has 4 heteroatoms. The highest BCUT2D eigenvalue weighted by Crippen LogP contribution is 2.46. The fraction of sp³-hybridized carbons (Fsp3) is 0. The minimum Gasteiger partial charge on any atom is -0.310 e. The van der Waals surface area contributed by atoms with Crippen LogP contribution in [0.4, 0.5) is 34.1 Å². The number of aromatic nitrogens is 2. The summed E-state index contributed by atoms with van der Waals surface area (Å²) >= 11 is 0. The molecule has 62 heavy (non-hydrogen) atoms. The molecule has 0 aliphatic heterocycles. The Kier molecular flexibility index (Phi) is 8.46. The van der Waals surface area contributed by atoms with Gasteiger partial charge in [0.25, 0.3) is 0 Å². The largest absolute Gasteiger partial charge is 0.310 e. The monoisotopic (exact) mass is 792 g/mol. The average Bonchev–Trinajstić information content (AvgIpc) is 3.86. The first-order valence-electron chi connectivity index (χ1n) is 21.2. The van der Waals surface area contributed by atoms with Crippen LogP contribution >= 0.6 is 0 Å². The second kappa shape index (κ2) is 14.7. The lowest BCUT2D eigenvalue weighted by Crippen LogP contribution is -2.09. The number of rotatable bonds is 8. The van der Waals surface area contributed by atoms with E-state index in [1.54, 1.807) is 0 Å². The summed E-state index contributed by atoms with van der Waals surface area (Å²) in [7, 11) is 0. The van der Waals surface area contributed by atoms with Gasteiger partial charge < -0.3 is 18.9 Å². The molecule has 0 unspecified atom stereocenters. The van der Waals surface area contributed by atoms with E-state index in [1.165, 1.54) is 43.4 Å². The smallest absolute Gasteiger partial charge is 0.0562 e. The standard InChI is InChI=1S/C58H40N4/c1-7-19-41(20-8-1)59(42-21-9-2-10-22-42)47-31-33-51-55(39-47)61(45-27-15-5-16-28-45)53-37-35-50-49(57(51)53)36-38-54-58(50)52-34-32-48(40-56(52)62(54)46-29-17-6-18-30-46)60(43-23-11-3-12-24-43)44-25-13-4-14-26-44/h1-40H. The molecule has 0 fully saturated rings. The van der Waals surface area contributed by atoms with Crippen LogP contribution < -0.4 is 9.80 Å². The Balaban J connectivity index is 1.13. The zero-order valence-corrected chi connectivity index (χ0v) is 33.9. The fourth-order valence-corrected chi connectivity index (χ4v) is 9.61. The zero-order valence-electron chi connectivity index (χ0n) is 33.9. The van der Waals surface area contributed by atoms with Gasteiger partial charge in [0.05, 0.1) is 22.1 Å². The molecule has 0 aliphatic rings. The van der Waals surface area contributed by atoms with Crippen molar-refractivity contribution in [2.24, 2.45) is 0 Å². The maximum absolute atomic E-state index is 2.44. The van der Waals surface area contributed by atoms with E-state index in [2.05, 4.69) is 262 Å². The van der Waals surface area contributed by atoms with Crippen LogP contribution in [0.1, 0.15) is 0 Å². The lowest BCUT2D eigenvalue weighted by molar-refractivity contribution is 1.18. The number of hydrogen-bond donors (Lipinski definition) is 0. The maximum atomic E-state index is 2.44. The van der Waals surface area contributed by atoms with Crippen LogP contribution in [0, 0.1) is 0 Å². The lowest BCUT2D eigenvalue weighted by atomic mass is 9.99. The van der Waals surface area contributed by atoms with Gasteiger partial charge in [-0.05, 0) is 120 Å². The predicted octanol–water partition coefficient (Wildman–Crippen LogP) is 16.0. The van der Waals surface area contributed by atoms with Gasteiger partial charge in [0.2, 0.25) is 0 Å². The van der Waals surface area contributed by atoms with E-state index in [0.717, 1.165) is 56.5 Å². The summed E-state index contributed by atoms with van der Waals surface area (Å²) in [6, 6.07) is 87.5. The Morgan fingerprint density at radius 3 is 0.839 bits per heavy atom. The zero-order chi connectivity index (χ0) is 41.0. The molecule has 0 amide bonds. The molecule has 12 aromatic rings. The number of anilines is 6. The second-order valence-electron chi connectivity index (χ2n) is 15.8. The van der Waals surface area contributed by atoms with Crippen molar-refractivity contribution in [1.82, 2.24) is 9.13 Å². The van der Waals surface area contributed by atoms with E-state index in [9.17, 15) is 0 Å². The summed E-state index contributed by atoms with van der Waals surface area (Å²) < 4.78 is 4.88. The minimum absolute atomic E-state index is 1.10. The third-order valence-electron chi connectivity index (χ3n) is 12.2. The summed E-state index contributed by atoms with van der Waals surface area (Å²) in [5.74, 6) is 0. The molecule has 0 saturated carbocycles. The number of nitrogens with zero attached hydrogens (tertiary/aromatic N) is 4. The molecular formula is C58H40N4. The maximum Gasteiger partial charge on any atom is 0.0562 e. The Morgan fingerprint density at radius 2 is 0.516 bits per heavy atom. The summed E-state index contributed by atoms with van der Waals surface area (Å²) in [6.45, 7) is 0. The van der Waals surface area contributed by atoms with Crippen molar-refractivity contribution in [3.63, 3.8) is 0 Å². The quantitative estimate of drug-likeness (QED) is 0.152. The first-order chi connectivity index (χ1) is 30.8. The molecule has 12 rings (SSSR count). The molecule has 0 N–H and O–H groups in total. The van der Waals surface area contributed by atoms with Gasteiger partial charge in [-0.15, -0.1) is 0 Å². The topological polar surface area (TPSA) is 16.3 Å². The van der Waals surface area contributed by atoms with Crippen LogP contribution in [0.25, 0.3) is 65.8 Å². The molecular weight excluding hydrogens is 753 g/mol. The van der Waals surface area contributed by atoms with Crippen molar-refractivity contribution >= 4 is 88.5 Å². The molecule has 10 aromatic carbocycles. The van der Waals surface area contributed by atoms with E-state index in [-0.39, 0.29) is 0 Å². The van der Waals surface area contributed by atoms with Gasteiger partial charge >= 0.3 is 0 Å². The number of para-hydroxylation sites is 6. The molecule has 0 atom stereocenters. The SMILES string of the molecule is c1ccc(N(c2ccccc2)c2ccc3c4c5ccc6c(c5ccc4n(-c4ccccc4)c3c2)c2ccc(N(c3ccccc3)c3ccccc3)cc2n6-c2ccccc2)cc1. The first kappa shape index (κ1) is 35.6. The van der Waals surface area contributed by atoms with Crippen molar-refractivity contribution in [3.05, 3.63) is 243 Å². The molecule has 0 saturated heterocycles. The first-order valence-corrected chi connectivity index (χ1v) is 21.2. The second-order valence-corrected chi connectivity index (χ2v) is 15.8. The van der Waals surface area contributed by atoms with Crippen LogP contribution in [0.2, 0.25) is 0 Å². The van der Waals surface area contributed by atoms with Crippen molar-refractivity contribution < 1.29 is 0 Å². The third kappa shape index (κ3) is 5.76. The number of hydrogen-bond acceptors (Lipinski definition) is 2. The van der Waals surface area contributed by atoms with E-state index >= 15 is 0 Å². The highest BCUT2D eigenvalue weighted by Gasteiger charge is 2.23. The van der Waals surface area contributed by atoms with E-state index in [1.807, 2.05) is 0 Å². The molecule has 0 aliphatic carbocycles. The summed E-state index contributed by atoms with van der Waals surface area (Å²) in [4.78, 5) is 4.69. The van der Waals surface area contributed by atoms with Crippen LogP contribution in [0.15, 0.2) is 243 Å². The van der Waals surface area contributed by atoms with Gasteiger partial charge in [-0.1, -0.05) is 133 Å². The summed E-state index contributed by atoms with van der Waals surface area (Å²) in [5.41, 5.74) is 13.6. The van der Waals surface area contributed by atoms with Crippen molar-refractivity contribution in [2.75, 3.05) is 9.80 Å². The molecule has 292 valence electrons. The van der Waals surface area contributed by atoms with E-state index < -0.39 is 0 Å². The van der Waals surface area contributed by atoms with Crippen molar-refractivity contribution in [1.29, 1.82) is 0 Å². The highest BCUT2D eigenvalue weighted by atomic mass is 15.2. The lowest BCUT2D eigenvalue weighted by Gasteiger charge is -2.25. The van der Waals surface area contributed by atoms with E-state index in [4.69, 9.17) is 0 Å². The summed E-state index contributed by atoms with van der Waals surface area (Å²) in [6.07, 6.45) is 0. The van der Waals surface area contributed by atoms with Crippen LogP contribution in [-0.4, -0.2) is 9.13 Å². The molecule has 2 heterocycles. The Labute approximate surface area is 360 Å².